The molecule has 1 fully saturated rings. The molecule has 1 atom stereocenters. The van der Waals surface area contributed by atoms with Crippen molar-refractivity contribution >= 4 is 33.2 Å². The fourth-order valence-electron chi connectivity index (χ4n) is 2.07. The molecule has 0 unspecified atom stereocenters. The van der Waals surface area contributed by atoms with E-state index in [9.17, 15) is 8.42 Å². The SMILES string of the molecule is CCOc1cc(Cl)c(S(=O)(=O)NC[C@H]2CCCO2)cc1Cl. The van der Waals surface area contributed by atoms with E-state index in [1.165, 1.54) is 12.1 Å². The Labute approximate surface area is 134 Å². The van der Waals surface area contributed by atoms with Gasteiger partial charge in [0.15, 0.2) is 0 Å². The van der Waals surface area contributed by atoms with Gasteiger partial charge in [-0.15, -0.1) is 0 Å². The molecular weight excluding hydrogens is 337 g/mol. The Hall–Kier alpha value is -0.530. The number of nitrogens with one attached hydrogen (secondary N) is 1. The summed E-state index contributed by atoms with van der Waals surface area (Å²) in [4.78, 5) is -0.0596. The minimum Gasteiger partial charge on any atom is -0.492 e. The minimum absolute atomic E-state index is 0.0596. The second kappa shape index (κ2) is 7.15. The summed E-state index contributed by atoms with van der Waals surface area (Å²) in [5.74, 6) is 0.363. The molecule has 8 heteroatoms. The lowest BCUT2D eigenvalue weighted by molar-refractivity contribution is 0.114. The summed E-state index contributed by atoms with van der Waals surface area (Å²) in [6.45, 7) is 3.11. The highest BCUT2D eigenvalue weighted by molar-refractivity contribution is 7.89. The average Bonchev–Trinajstić information content (AvgIpc) is 2.94. The lowest BCUT2D eigenvalue weighted by Crippen LogP contribution is -2.32. The van der Waals surface area contributed by atoms with E-state index < -0.39 is 10.0 Å². The summed E-state index contributed by atoms with van der Waals surface area (Å²) in [5.41, 5.74) is 0. The van der Waals surface area contributed by atoms with E-state index in [-0.39, 0.29) is 27.6 Å². The number of sulfonamides is 1. The second-order valence-electron chi connectivity index (χ2n) is 4.63. The van der Waals surface area contributed by atoms with E-state index in [0.29, 0.717) is 19.0 Å². The highest BCUT2D eigenvalue weighted by Gasteiger charge is 2.23. The molecule has 21 heavy (non-hydrogen) atoms. The van der Waals surface area contributed by atoms with Crippen LogP contribution >= 0.6 is 23.2 Å². The van der Waals surface area contributed by atoms with Crippen molar-refractivity contribution in [3.63, 3.8) is 0 Å². The molecule has 118 valence electrons. The van der Waals surface area contributed by atoms with Gasteiger partial charge in [0.25, 0.3) is 0 Å². The van der Waals surface area contributed by atoms with Crippen molar-refractivity contribution in [1.29, 1.82) is 0 Å². The van der Waals surface area contributed by atoms with Crippen LogP contribution in [0.1, 0.15) is 19.8 Å². The molecule has 0 aliphatic carbocycles. The van der Waals surface area contributed by atoms with Crippen molar-refractivity contribution in [2.75, 3.05) is 19.8 Å². The first-order valence-electron chi connectivity index (χ1n) is 6.67. The topological polar surface area (TPSA) is 64.6 Å². The van der Waals surface area contributed by atoms with E-state index in [1.807, 2.05) is 0 Å². The molecule has 1 aliphatic heterocycles. The van der Waals surface area contributed by atoms with Crippen LogP contribution in [0.4, 0.5) is 0 Å². The van der Waals surface area contributed by atoms with Crippen molar-refractivity contribution in [3.05, 3.63) is 22.2 Å². The molecule has 2 rings (SSSR count). The van der Waals surface area contributed by atoms with E-state index in [4.69, 9.17) is 32.7 Å². The molecule has 0 amide bonds. The van der Waals surface area contributed by atoms with Gasteiger partial charge in [-0.25, -0.2) is 13.1 Å². The van der Waals surface area contributed by atoms with Crippen LogP contribution in [-0.4, -0.2) is 34.3 Å². The highest BCUT2D eigenvalue weighted by atomic mass is 35.5. The smallest absolute Gasteiger partial charge is 0.242 e. The number of hydrogen-bond acceptors (Lipinski definition) is 4. The van der Waals surface area contributed by atoms with Gasteiger partial charge >= 0.3 is 0 Å². The van der Waals surface area contributed by atoms with Gasteiger partial charge in [0.1, 0.15) is 10.6 Å². The van der Waals surface area contributed by atoms with E-state index in [1.54, 1.807) is 6.92 Å². The van der Waals surface area contributed by atoms with Gasteiger partial charge in [-0.05, 0) is 25.8 Å². The molecule has 5 nitrogen and oxygen atoms in total. The van der Waals surface area contributed by atoms with Crippen LogP contribution in [0.15, 0.2) is 17.0 Å². The number of rotatable bonds is 6. The van der Waals surface area contributed by atoms with Gasteiger partial charge in [0, 0.05) is 19.2 Å². The first kappa shape index (κ1) is 16.8. The minimum atomic E-state index is -3.73. The fraction of sp³-hybridized carbons (Fsp3) is 0.538. The maximum atomic E-state index is 12.3. The van der Waals surface area contributed by atoms with Gasteiger partial charge in [-0.2, -0.15) is 0 Å². The molecule has 1 aromatic rings. The van der Waals surface area contributed by atoms with Crippen LogP contribution < -0.4 is 9.46 Å². The normalized spacial score (nSPS) is 18.9. The zero-order valence-corrected chi connectivity index (χ0v) is 13.9. The quantitative estimate of drug-likeness (QED) is 0.853. The molecule has 0 spiro atoms. The summed E-state index contributed by atoms with van der Waals surface area (Å²) in [5, 5.41) is 0.279. The molecule has 0 bridgehead atoms. The van der Waals surface area contributed by atoms with Gasteiger partial charge in [-0.3, -0.25) is 0 Å². The summed E-state index contributed by atoms with van der Waals surface area (Å²) >= 11 is 12.0. The molecule has 1 saturated heterocycles. The molecule has 0 saturated carbocycles. The van der Waals surface area contributed by atoms with Crippen molar-refractivity contribution < 1.29 is 17.9 Å². The van der Waals surface area contributed by atoms with E-state index >= 15 is 0 Å². The Kier molecular flexibility index (Phi) is 5.73. The zero-order chi connectivity index (χ0) is 15.5. The van der Waals surface area contributed by atoms with Crippen molar-refractivity contribution in [3.8, 4) is 5.75 Å². The Morgan fingerprint density at radius 1 is 1.38 bits per heavy atom. The fourth-order valence-corrected chi connectivity index (χ4v) is 3.96. The monoisotopic (exact) mass is 353 g/mol. The van der Waals surface area contributed by atoms with Crippen LogP contribution in [0.2, 0.25) is 10.0 Å². The third kappa shape index (κ3) is 4.23. The Morgan fingerprint density at radius 3 is 2.76 bits per heavy atom. The van der Waals surface area contributed by atoms with Crippen LogP contribution in [0.3, 0.4) is 0 Å². The van der Waals surface area contributed by atoms with Crippen LogP contribution in [0.25, 0.3) is 0 Å². The van der Waals surface area contributed by atoms with E-state index in [0.717, 1.165) is 12.8 Å². The van der Waals surface area contributed by atoms with Gasteiger partial charge in [-0.1, -0.05) is 23.2 Å². The molecule has 0 aromatic heterocycles. The summed E-state index contributed by atoms with van der Waals surface area (Å²) in [7, 11) is -3.73. The van der Waals surface area contributed by atoms with Gasteiger partial charge in [0.2, 0.25) is 10.0 Å². The molecule has 1 aromatic carbocycles. The largest absolute Gasteiger partial charge is 0.492 e. The highest BCUT2D eigenvalue weighted by Crippen LogP contribution is 2.33. The predicted molar refractivity (Wildman–Crippen MR) is 81.8 cm³/mol. The number of hydrogen-bond donors (Lipinski definition) is 1. The Balaban J connectivity index is 2.16. The van der Waals surface area contributed by atoms with Crippen LogP contribution in [0, 0.1) is 0 Å². The van der Waals surface area contributed by atoms with Gasteiger partial charge in [0.05, 0.1) is 22.8 Å². The lowest BCUT2D eigenvalue weighted by Gasteiger charge is -2.14. The van der Waals surface area contributed by atoms with Crippen molar-refractivity contribution in [2.45, 2.75) is 30.8 Å². The Bertz CT molecular complexity index is 600. The number of benzene rings is 1. The molecule has 0 radical (unpaired) electrons. The predicted octanol–water partition coefficient (Wildman–Crippen LogP) is 2.85. The average molecular weight is 354 g/mol. The van der Waals surface area contributed by atoms with Crippen molar-refractivity contribution in [1.82, 2.24) is 4.72 Å². The summed E-state index contributed by atoms with van der Waals surface area (Å²) in [6.07, 6.45) is 1.71. The maximum Gasteiger partial charge on any atom is 0.242 e. The lowest BCUT2D eigenvalue weighted by atomic mass is 10.2. The van der Waals surface area contributed by atoms with Gasteiger partial charge < -0.3 is 9.47 Å². The standard InChI is InChI=1S/C13H17Cl2NO4S/c1-2-19-12-6-11(15)13(7-10(12)14)21(17,18)16-8-9-4-3-5-20-9/h6-7,9,16H,2-5,8H2,1H3/t9-/m1/s1. The molecular formula is C13H17Cl2NO4S. The van der Waals surface area contributed by atoms with E-state index in [2.05, 4.69) is 4.72 Å². The third-order valence-electron chi connectivity index (χ3n) is 3.10. The zero-order valence-electron chi connectivity index (χ0n) is 11.6. The van der Waals surface area contributed by atoms with Crippen LogP contribution in [0.5, 0.6) is 5.75 Å². The maximum absolute atomic E-state index is 12.3. The number of halogens is 2. The molecule has 1 N–H and O–H groups in total. The summed E-state index contributed by atoms with van der Waals surface area (Å²) in [6, 6.07) is 2.71. The van der Waals surface area contributed by atoms with Crippen molar-refractivity contribution in [2.24, 2.45) is 0 Å². The summed E-state index contributed by atoms with van der Waals surface area (Å²) < 4.78 is 37.7. The first-order chi connectivity index (χ1) is 9.94. The molecule has 1 aliphatic rings. The second-order valence-corrected chi connectivity index (χ2v) is 7.18. The molecule has 1 heterocycles. The Morgan fingerprint density at radius 2 is 2.14 bits per heavy atom. The number of ether oxygens (including phenoxy) is 2. The third-order valence-corrected chi connectivity index (χ3v) is 5.28. The first-order valence-corrected chi connectivity index (χ1v) is 8.91. The van der Waals surface area contributed by atoms with Crippen LogP contribution in [-0.2, 0) is 14.8 Å².